The maximum Gasteiger partial charge on any atom is 0.126 e. The number of hydrogen-bond acceptors (Lipinski definition) is 6. The van der Waals surface area contributed by atoms with E-state index in [-0.39, 0.29) is 0 Å². The van der Waals surface area contributed by atoms with Gasteiger partial charge in [0, 0.05) is 61.9 Å². The third-order valence-corrected chi connectivity index (χ3v) is 7.21. The summed E-state index contributed by atoms with van der Waals surface area (Å²) in [4.78, 5) is 7.07. The number of hydrogen-bond donors (Lipinski definition) is 2. The summed E-state index contributed by atoms with van der Waals surface area (Å²) in [5.74, 6) is 0.931. The molecule has 3 aromatic rings. The molecule has 1 aromatic carbocycles. The monoisotopic (exact) mass is 455 g/mol. The van der Waals surface area contributed by atoms with Crippen molar-refractivity contribution < 1.29 is 0 Å². The molecule has 176 valence electrons. The molecule has 3 atom stereocenters. The van der Waals surface area contributed by atoms with E-state index in [1.165, 1.54) is 37.8 Å². The minimum Gasteiger partial charge on any atom is -0.370 e. The predicted octanol–water partition coefficient (Wildman–Crippen LogP) is 4.34. The summed E-state index contributed by atoms with van der Waals surface area (Å²) >= 11 is 0. The lowest BCUT2D eigenvalue weighted by Gasteiger charge is -2.40. The Hall–Kier alpha value is -3.37. The summed E-state index contributed by atoms with van der Waals surface area (Å²) in [6.07, 6.45) is 10.9. The molecular formula is C27H33N7. The second-order valence-electron chi connectivity index (χ2n) is 9.52. The minimum atomic E-state index is 0.369. The molecule has 0 bridgehead atoms. The SMILES string of the molecule is Cn1nccc1-c1ccnc(NC2CCCCC2NC2CCCN(c3ccc(C#N)cc3)C2)c1. The molecule has 1 aliphatic heterocycles. The van der Waals surface area contributed by atoms with Crippen LogP contribution in [0, 0.1) is 11.3 Å². The number of aryl methyl sites for hydroxylation is 1. The third-order valence-electron chi connectivity index (χ3n) is 7.21. The average molecular weight is 456 g/mol. The molecule has 3 heterocycles. The van der Waals surface area contributed by atoms with Crippen molar-refractivity contribution in [1.82, 2.24) is 20.1 Å². The lowest BCUT2D eigenvalue weighted by Crippen LogP contribution is -2.54. The molecule has 2 N–H and O–H groups in total. The third kappa shape index (κ3) is 5.07. The molecule has 7 heteroatoms. The normalized spacial score (nSPS) is 22.8. The fraction of sp³-hybridized carbons (Fsp3) is 0.444. The lowest BCUT2D eigenvalue weighted by molar-refractivity contribution is 0.293. The summed E-state index contributed by atoms with van der Waals surface area (Å²) in [6, 6.07) is 17.7. The van der Waals surface area contributed by atoms with Crippen LogP contribution in [0.4, 0.5) is 11.5 Å². The average Bonchev–Trinajstić information content (AvgIpc) is 3.31. The summed E-state index contributed by atoms with van der Waals surface area (Å²) in [6.45, 7) is 2.07. The van der Waals surface area contributed by atoms with E-state index < -0.39 is 0 Å². The first-order valence-electron chi connectivity index (χ1n) is 12.4. The van der Waals surface area contributed by atoms with Crippen LogP contribution in [-0.2, 0) is 7.05 Å². The van der Waals surface area contributed by atoms with E-state index in [9.17, 15) is 0 Å². The molecule has 0 spiro atoms. The number of nitrogens with zero attached hydrogens (tertiary/aromatic N) is 5. The standard InChI is InChI=1S/C27H33N7/c1-33-26(13-15-30-33)21-12-14-29-27(17-21)32-25-7-3-2-6-24(25)31-22-5-4-16-34(19-22)23-10-8-20(18-28)9-11-23/h8-15,17,22,24-25,31H,2-7,16,19H2,1H3,(H,29,32). The Bertz CT molecular complexity index is 1130. The van der Waals surface area contributed by atoms with Gasteiger partial charge in [0.25, 0.3) is 0 Å². The maximum atomic E-state index is 9.08. The van der Waals surface area contributed by atoms with Gasteiger partial charge in [-0.25, -0.2) is 4.98 Å². The number of nitriles is 1. The highest BCUT2D eigenvalue weighted by Crippen LogP contribution is 2.27. The number of benzene rings is 1. The van der Waals surface area contributed by atoms with Gasteiger partial charge in [-0.2, -0.15) is 10.4 Å². The number of pyridine rings is 1. The summed E-state index contributed by atoms with van der Waals surface area (Å²) in [7, 11) is 1.97. The molecule has 0 radical (unpaired) electrons. The number of nitrogens with one attached hydrogen (secondary N) is 2. The van der Waals surface area contributed by atoms with Crippen molar-refractivity contribution in [3.8, 4) is 17.3 Å². The fourth-order valence-electron chi connectivity index (χ4n) is 5.42. The van der Waals surface area contributed by atoms with Crippen LogP contribution < -0.4 is 15.5 Å². The summed E-state index contributed by atoms with van der Waals surface area (Å²) in [5, 5.41) is 21.1. The van der Waals surface area contributed by atoms with Gasteiger partial charge in [0.05, 0.1) is 17.3 Å². The van der Waals surface area contributed by atoms with Crippen LogP contribution in [0.25, 0.3) is 11.3 Å². The van der Waals surface area contributed by atoms with Gasteiger partial charge in [-0.1, -0.05) is 12.8 Å². The van der Waals surface area contributed by atoms with Crippen molar-refractivity contribution in [2.45, 2.75) is 56.7 Å². The molecular weight excluding hydrogens is 422 g/mol. The molecule has 34 heavy (non-hydrogen) atoms. The van der Waals surface area contributed by atoms with Crippen molar-refractivity contribution in [2.75, 3.05) is 23.3 Å². The highest BCUT2D eigenvalue weighted by Gasteiger charge is 2.29. The van der Waals surface area contributed by atoms with Crippen LogP contribution in [0.2, 0.25) is 0 Å². The zero-order valence-corrected chi connectivity index (χ0v) is 19.8. The maximum absolute atomic E-state index is 9.08. The van der Waals surface area contributed by atoms with Crippen molar-refractivity contribution >= 4 is 11.5 Å². The Morgan fingerprint density at radius 1 is 0.971 bits per heavy atom. The second-order valence-corrected chi connectivity index (χ2v) is 9.52. The van der Waals surface area contributed by atoms with Gasteiger partial charge in [0.2, 0.25) is 0 Å². The molecule has 2 fully saturated rings. The molecule has 5 rings (SSSR count). The van der Waals surface area contributed by atoms with Crippen LogP contribution in [0.3, 0.4) is 0 Å². The first-order valence-corrected chi connectivity index (χ1v) is 12.4. The molecule has 7 nitrogen and oxygen atoms in total. The van der Waals surface area contributed by atoms with Gasteiger partial charge in [-0.15, -0.1) is 0 Å². The number of piperidine rings is 1. The minimum absolute atomic E-state index is 0.369. The van der Waals surface area contributed by atoms with Crippen LogP contribution in [0.1, 0.15) is 44.1 Å². The molecule has 1 aliphatic carbocycles. The van der Waals surface area contributed by atoms with Gasteiger partial charge in [0.1, 0.15) is 5.82 Å². The van der Waals surface area contributed by atoms with Crippen LogP contribution in [-0.4, -0.2) is 46.0 Å². The largest absolute Gasteiger partial charge is 0.370 e. The number of anilines is 2. The van der Waals surface area contributed by atoms with Gasteiger partial charge < -0.3 is 15.5 Å². The molecule has 0 amide bonds. The van der Waals surface area contributed by atoms with E-state index in [4.69, 9.17) is 5.26 Å². The van der Waals surface area contributed by atoms with Crippen LogP contribution in [0.15, 0.2) is 54.9 Å². The lowest BCUT2D eigenvalue weighted by atomic mass is 9.89. The Labute approximate surface area is 201 Å². The van der Waals surface area contributed by atoms with Crippen molar-refractivity contribution in [3.63, 3.8) is 0 Å². The zero-order valence-electron chi connectivity index (χ0n) is 19.8. The van der Waals surface area contributed by atoms with Crippen LogP contribution in [0.5, 0.6) is 0 Å². The van der Waals surface area contributed by atoms with E-state index in [0.717, 1.165) is 36.6 Å². The van der Waals surface area contributed by atoms with Crippen molar-refractivity contribution in [3.05, 3.63) is 60.4 Å². The smallest absolute Gasteiger partial charge is 0.126 e. The first kappa shape index (κ1) is 22.4. The van der Waals surface area contributed by atoms with E-state index in [1.54, 1.807) is 0 Å². The Morgan fingerprint density at radius 3 is 2.56 bits per heavy atom. The fourth-order valence-corrected chi connectivity index (χ4v) is 5.42. The van der Waals surface area contributed by atoms with Gasteiger partial charge >= 0.3 is 0 Å². The van der Waals surface area contributed by atoms with E-state index in [1.807, 2.05) is 48.4 Å². The van der Waals surface area contributed by atoms with Gasteiger partial charge in [0.15, 0.2) is 0 Å². The molecule has 1 saturated heterocycles. The quantitative estimate of drug-likeness (QED) is 0.576. The number of rotatable bonds is 6. The topological polar surface area (TPSA) is 81.8 Å². The number of aromatic nitrogens is 3. The van der Waals surface area contributed by atoms with E-state index in [0.29, 0.717) is 23.7 Å². The molecule has 2 aromatic heterocycles. The summed E-state index contributed by atoms with van der Waals surface area (Å²) in [5.41, 5.74) is 4.14. The van der Waals surface area contributed by atoms with Crippen molar-refractivity contribution in [2.24, 2.45) is 7.05 Å². The predicted molar refractivity (Wildman–Crippen MR) is 136 cm³/mol. The highest BCUT2D eigenvalue weighted by molar-refractivity contribution is 5.63. The molecule has 3 unspecified atom stereocenters. The van der Waals surface area contributed by atoms with E-state index >= 15 is 0 Å². The molecule has 2 aliphatic rings. The summed E-state index contributed by atoms with van der Waals surface area (Å²) < 4.78 is 1.90. The molecule has 1 saturated carbocycles. The first-order chi connectivity index (χ1) is 16.7. The zero-order chi connectivity index (χ0) is 23.3. The Morgan fingerprint density at radius 2 is 1.79 bits per heavy atom. The Kier molecular flexibility index (Phi) is 6.77. The van der Waals surface area contributed by atoms with Crippen molar-refractivity contribution in [1.29, 1.82) is 5.26 Å². The van der Waals surface area contributed by atoms with E-state index in [2.05, 4.69) is 49.9 Å². The van der Waals surface area contributed by atoms with Gasteiger partial charge in [-0.05, 0) is 68.1 Å². The van der Waals surface area contributed by atoms with Crippen LogP contribution >= 0.6 is 0 Å². The Balaban J connectivity index is 1.24. The van der Waals surface area contributed by atoms with Gasteiger partial charge in [-0.3, -0.25) is 4.68 Å². The second kappa shape index (κ2) is 10.3. The highest BCUT2D eigenvalue weighted by atomic mass is 15.3.